The first-order chi connectivity index (χ1) is 11.1. The number of nitrogens with zero attached hydrogens (tertiary/aromatic N) is 1. The van der Waals surface area contributed by atoms with Gasteiger partial charge in [0.05, 0.1) is 17.5 Å². The molecule has 0 unspecified atom stereocenters. The van der Waals surface area contributed by atoms with Gasteiger partial charge in [-0.1, -0.05) is 6.07 Å². The van der Waals surface area contributed by atoms with Crippen LogP contribution in [0.2, 0.25) is 0 Å². The van der Waals surface area contributed by atoms with Gasteiger partial charge in [0.25, 0.3) is 0 Å². The summed E-state index contributed by atoms with van der Waals surface area (Å²) in [5.41, 5.74) is 0.266. The van der Waals surface area contributed by atoms with Crippen molar-refractivity contribution in [3.63, 3.8) is 0 Å². The number of rotatable bonds is 5. The fraction of sp³-hybridized carbons (Fsp3) is 0.562. The minimum absolute atomic E-state index is 0.0237. The highest BCUT2D eigenvalue weighted by atomic mass is 32.2. The highest BCUT2D eigenvalue weighted by molar-refractivity contribution is 7.91. The predicted octanol–water partition coefficient (Wildman–Crippen LogP) is 1.65. The second-order valence-corrected chi connectivity index (χ2v) is 8.51. The third-order valence-electron chi connectivity index (χ3n) is 4.40. The molecule has 24 heavy (non-hydrogen) atoms. The number of likely N-dealkylation sites (N-methyl/N-ethyl adjacent to an activating group) is 1. The lowest BCUT2D eigenvalue weighted by Gasteiger charge is -2.28. The van der Waals surface area contributed by atoms with E-state index in [1.807, 2.05) is 0 Å². The second kappa shape index (κ2) is 7.14. The Morgan fingerprint density at radius 3 is 2.54 bits per heavy atom. The van der Waals surface area contributed by atoms with Gasteiger partial charge in [0.2, 0.25) is 5.91 Å². The van der Waals surface area contributed by atoms with Crippen LogP contribution in [0.3, 0.4) is 0 Å². The van der Waals surface area contributed by atoms with Crippen LogP contribution in [-0.4, -0.2) is 49.9 Å². The molecule has 0 saturated carbocycles. The minimum Gasteiger partial charge on any atom is -0.340 e. The molecule has 1 aliphatic heterocycles. The second-order valence-electron chi connectivity index (χ2n) is 6.28. The molecular formula is C16H22F2N2O3S. The summed E-state index contributed by atoms with van der Waals surface area (Å²) in [5.74, 6) is -1.52. The Labute approximate surface area is 141 Å². The quantitative estimate of drug-likeness (QED) is 0.867. The average Bonchev–Trinajstić information content (AvgIpc) is 2.85. The van der Waals surface area contributed by atoms with E-state index >= 15 is 0 Å². The molecule has 2 rings (SSSR count). The number of amides is 1. The van der Waals surface area contributed by atoms with Gasteiger partial charge in [-0.15, -0.1) is 0 Å². The molecular weight excluding hydrogens is 338 g/mol. The monoisotopic (exact) mass is 360 g/mol. The minimum atomic E-state index is -3.07. The molecule has 134 valence electrons. The summed E-state index contributed by atoms with van der Waals surface area (Å²) < 4.78 is 49.9. The molecule has 1 saturated heterocycles. The zero-order chi connectivity index (χ0) is 18.1. The standard InChI is InChI=1S/C16H22F2N2O3S/c1-10(14-5-4-12(17)8-15(14)18)19-11(2)16(21)20(3)13-6-7-24(22,23)9-13/h4-5,8,10-11,13,19H,6-7,9H2,1-3H3/t10-,11-,13-/m0/s1. The molecule has 5 nitrogen and oxygen atoms in total. The van der Waals surface area contributed by atoms with Gasteiger partial charge < -0.3 is 4.90 Å². The van der Waals surface area contributed by atoms with E-state index in [1.165, 1.54) is 17.0 Å². The van der Waals surface area contributed by atoms with Gasteiger partial charge in [-0.05, 0) is 26.3 Å². The number of hydrogen-bond donors (Lipinski definition) is 1. The van der Waals surface area contributed by atoms with E-state index in [4.69, 9.17) is 0 Å². The van der Waals surface area contributed by atoms with E-state index in [1.54, 1.807) is 20.9 Å². The van der Waals surface area contributed by atoms with Crippen LogP contribution in [0.1, 0.15) is 31.9 Å². The van der Waals surface area contributed by atoms with Gasteiger partial charge in [-0.2, -0.15) is 0 Å². The zero-order valence-electron chi connectivity index (χ0n) is 13.9. The van der Waals surface area contributed by atoms with Gasteiger partial charge in [-0.25, -0.2) is 17.2 Å². The van der Waals surface area contributed by atoms with Crippen molar-refractivity contribution in [2.24, 2.45) is 0 Å². The van der Waals surface area contributed by atoms with E-state index in [9.17, 15) is 22.0 Å². The SMILES string of the molecule is C[C@H](N[C@@H](C)c1ccc(F)cc1F)C(=O)N(C)[C@H]1CCS(=O)(=O)C1. The predicted molar refractivity (Wildman–Crippen MR) is 87.2 cm³/mol. The van der Waals surface area contributed by atoms with E-state index in [0.717, 1.165) is 6.07 Å². The van der Waals surface area contributed by atoms with Gasteiger partial charge in [0.1, 0.15) is 11.6 Å². The molecule has 1 N–H and O–H groups in total. The fourth-order valence-corrected chi connectivity index (χ4v) is 4.73. The maximum Gasteiger partial charge on any atom is 0.239 e. The highest BCUT2D eigenvalue weighted by Crippen LogP contribution is 2.20. The van der Waals surface area contributed by atoms with Crippen LogP contribution in [-0.2, 0) is 14.6 Å². The summed E-state index contributed by atoms with van der Waals surface area (Å²) in [7, 11) is -1.50. The van der Waals surface area contributed by atoms with Crippen molar-refractivity contribution >= 4 is 15.7 Å². The third-order valence-corrected chi connectivity index (χ3v) is 6.15. The van der Waals surface area contributed by atoms with Crippen molar-refractivity contribution in [1.29, 1.82) is 0 Å². The van der Waals surface area contributed by atoms with E-state index in [0.29, 0.717) is 6.42 Å². The first-order valence-corrected chi connectivity index (χ1v) is 9.61. The molecule has 8 heteroatoms. The Balaban J connectivity index is 2.00. The summed E-state index contributed by atoms with van der Waals surface area (Å²) in [6, 6.07) is 1.86. The molecule has 1 fully saturated rings. The molecule has 3 atom stereocenters. The summed E-state index contributed by atoms with van der Waals surface area (Å²) in [5, 5.41) is 2.98. The first-order valence-electron chi connectivity index (χ1n) is 7.79. The Hall–Kier alpha value is -1.54. The molecule has 1 aliphatic rings. The number of benzene rings is 1. The number of halogens is 2. The van der Waals surface area contributed by atoms with Crippen LogP contribution in [0.25, 0.3) is 0 Å². The van der Waals surface area contributed by atoms with Gasteiger partial charge >= 0.3 is 0 Å². The molecule has 1 aromatic rings. The summed E-state index contributed by atoms with van der Waals surface area (Å²) in [6.45, 7) is 3.32. The molecule has 0 spiro atoms. The molecule has 1 amide bonds. The smallest absolute Gasteiger partial charge is 0.239 e. The van der Waals surface area contributed by atoms with Crippen LogP contribution >= 0.6 is 0 Å². The molecule has 1 heterocycles. The van der Waals surface area contributed by atoms with Gasteiger partial charge in [-0.3, -0.25) is 10.1 Å². The van der Waals surface area contributed by atoms with Crippen molar-refractivity contribution in [3.8, 4) is 0 Å². The Bertz CT molecular complexity index is 724. The van der Waals surface area contributed by atoms with Crippen molar-refractivity contribution in [2.45, 2.75) is 38.4 Å². The van der Waals surface area contributed by atoms with E-state index < -0.39 is 33.6 Å². The van der Waals surface area contributed by atoms with Crippen LogP contribution in [0.4, 0.5) is 8.78 Å². The lowest BCUT2D eigenvalue weighted by molar-refractivity contribution is -0.133. The molecule has 0 aliphatic carbocycles. The number of nitrogens with one attached hydrogen (secondary N) is 1. The van der Waals surface area contributed by atoms with Crippen LogP contribution in [0.5, 0.6) is 0 Å². The largest absolute Gasteiger partial charge is 0.340 e. The van der Waals surface area contributed by atoms with Crippen LogP contribution < -0.4 is 5.32 Å². The maximum absolute atomic E-state index is 13.8. The van der Waals surface area contributed by atoms with E-state index in [-0.39, 0.29) is 29.0 Å². The van der Waals surface area contributed by atoms with Crippen molar-refractivity contribution < 1.29 is 22.0 Å². The van der Waals surface area contributed by atoms with Crippen molar-refractivity contribution in [3.05, 3.63) is 35.4 Å². The summed E-state index contributed by atoms with van der Waals surface area (Å²) >= 11 is 0. The number of hydrogen-bond acceptors (Lipinski definition) is 4. The van der Waals surface area contributed by atoms with Crippen molar-refractivity contribution in [2.75, 3.05) is 18.6 Å². The maximum atomic E-state index is 13.8. The van der Waals surface area contributed by atoms with E-state index in [2.05, 4.69) is 5.32 Å². The Morgan fingerprint density at radius 2 is 2.00 bits per heavy atom. The third kappa shape index (κ3) is 4.30. The first kappa shape index (κ1) is 18.8. The highest BCUT2D eigenvalue weighted by Gasteiger charge is 2.34. The Morgan fingerprint density at radius 1 is 1.33 bits per heavy atom. The van der Waals surface area contributed by atoms with Crippen molar-refractivity contribution in [1.82, 2.24) is 10.2 Å². The molecule has 0 bridgehead atoms. The zero-order valence-corrected chi connectivity index (χ0v) is 14.7. The molecule has 1 aromatic carbocycles. The topological polar surface area (TPSA) is 66.5 Å². The van der Waals surface area contributed by atoms with Crippen LogP contribution in [0, 0.1) is 11.6 Å². The Kier molecular flexibility index (Phi) is 5.59. The molecule has 0 radical (unpaired) electrons. The normalized spacial score (nSPS) is 22.1. The average molecular weight is 360 g/mol. The summed E-state index contributed by atoms with van der Waals surface area (Å²) in [4.78, 5) is 13.9. The lowest BCUT2D eigenvalue weighted by Crippen LogP contribution is -2.48. The van der Waals surface area contributed by atoms with Gasteiger partial charge in [0, 0.05) is 30.8 Å². The number of carbonyl (C=O) groups excluding carboxylic acids is 1. The number of sulfone groups is 1. The summed E-state index contributed by atoms with van der Waals surface area (Å²) in [6.07, 6.45) is 0.430. The fourth-order valence-electron chi connectivity index (χ4n) is 2.95. The van der Waals surface area contributed by atoms with Crippen LogP contribution in [0.15, 0.2) is 18.2 Å². The lowest BCUT2D eigenvalue weighted by atomic mass is 10.1. The van der Waals surface area contributed by atoms with Gasteiger partial charge in [0.15, 0.2) is 9.84 Å². The molecule has 0 aromatic heterocycles. The number of carbonyl (C=O) groups is 1.